The second-order valence-electron chi connectivity index (χ2n) is 10.5. The fourth-order valence-electron chi connectivity index (χ4n) is 4.27. The molecule has 3 atom stereocenters. The molecule has 3 unspecified atom stereocenters. The Morgan fingerprint density at radius 1 is 0.680 bits per heavy atom. The van der Waals surface area contributed by atoms with E-state index in [0.717, 1.165) is 4.31 Å². The third kappa shape index (κ3) is 11.2. The second-order valence-corrected chi connectivity index (χ2v) is 13.5. The highest BCUT2D eigenvalue weighted by Gasteiger charge is 2.33. The maximum Gasteiger partial charge on any atom is 0.423 e. The summed E-state index contributed by atoms with van der Waals surface area (Å²) in [6.45, 7) is 4.14. The number of ether oxygens (including phenoxy) is 5. The lowest BCUT2D eigenvalue weighted by Gasteiger charge is -2.29. The van der Waals surface area contributed by atoms with E-state index in [9.17, 15) is 18.9 Å². The minimum absolute atomic E-state index is 0.0304. The SMILES string of the molecule is CCOC(=O)N(CC(C)Oc1ccc(Oc2ccc(Cl)cc2Cl)cc1)S(=O)N(CC(C)Oc1ccc(Oc2ccc(Cl)cc2Cl)cc1)C(=O)O. The van der Waals surface area contributed by atoms with Gasteiger partial charge in [0, 0.05) is 10.0 Å². The summed E-state index contributed by atoms with van der Waals surface area (Å²) in [5, 5.41) is 11.6. The number of halogens is 4. The van der Waals surface area contributed by atoms with Crippen molar-refractivity contribution in [2.75, 3.05) is 19.7 Å². The van der Waals surface area contributed by atoms with Crippen LogP contribution >= 0.6 is 46.4 Å². The maximum atomic E-state index is 13.6. The number of carbonyl (C=O) groups is 2. The van der Waals surface area contributed by atoms with Gasteiger partial charge in [0.25, 0.3) is 0 Å². The van der Waals surface area contributed by atoms with Gasteiger partial charge in [-0.1, -0.05) is 46.4 Å². The molecule has 2 amide bonds. The Morgan fingerprint density at radius 2 is 1.08 bits per heavy atom. The molecule has 0 fully saturated rings. The first-order valence-corrected chi connectivity index (χ1v) is 17.6. The molecule has 0 radical (unpaired) electrons. The highest BCUT2D eigenvalue weighted by atomic mass is 35.5. The van der Waals surface area contributed by atoms with Crippen LogP contribution in [-0.4, -0.2) is 62.0 Å². The number of carboxylic acid groups (broad SMARTS) is 1. The molecule has 0 aliphatic rings. The van der Waals surface area contributed by atoms with Gasteiger partial charge in [0.1, 0.15) is 46.7 Å². The Bertz CT molecular complexity index is 1800. The van der Waals surface area contributed by atoms with E-state index >= 15 is 0 Å². The average molecular weight is 787 g/mol. The van der Waals surface area contributed by atoms with Gasteiger partial charge in [-0.2, -0.15) is 0 Å². The molecule has 0 saturated carbocycles. The van der Waals surface area contributed by atoms with Crippen LogP contribution in [0.25, 0.3) is 0 Å². The van der Waals surface area contributed by atoms with Crippen LogP contribution in [-0.2, 0) is 15.9 Å². The molecule has 0 aliphatic heterocycles. The predicted octanol–water partition coefficient (Wildman–Crippen LogP) is 10.1. The molecular weight excluding hydrogens is 754 g/mol. The number of hydrogen-bond acceptors (Lipinski definition) is 8. The van der Waals surface area contributed by atoms with Crippen molar-refractivity contribution in [1.82, 2.24) is 8.61 Å². The molecule has 11 nitrogen and oxygen atoms in total. The van der Waals surface area contributed by atoms with E-state index in [0.29, 0.717) is 58.9 Å². The fourth-order valence-corrected chi connectivity index (χ4v) is 6.39. The Labute approximate surface area is 311 Å². The van der Waals surface area contributed by atoms with Gasteiger partial charge in [0.05, 0.1) is 29.7 Å². The molecule has 4 aromatic carbocycles. The molecule has 0 spiro atoms. The van der Waals surface area contributed by atoms with E-state index in [-0.39, 0.29) is 19.7 Å². The molecule has 0 saturated heterocycles. The Hall–Kier alpha value is -4.07. The summed E-state index contributed by atoms with van der Waals surface area (Å²) >= 11 is 21.7. The third-order valence-corrected chi connectivity index (χ3v) is 8.89. The first kappa shape index (κ1) is 38.7. The second kappa shape index (κ2) is 18.2. The minimum Gasteiger partial charge on any atom is -0.489 e. The van der Waals surface area contributed by atoms with E-state index in [4.69, 9.17) is 70.1 Å². The van der Waals surface area contributed by atoms with Gasteiger partial charge in [-0.15, -0.1) is 0 Å². The minimum atomic E-state index is -2.53. The van der Waals surface area contributed by atoms with Crippen molar-refractivity contribution in [2.24, 2.45) is 0 Å². The van der Waals surface area contributed by atoms with Gasteiger partial charge in [-0.3, -0.25) is 0 Å². The van der Waals surface area contributed by atoms with Gasteiger partial charge >= 0.3 is 12.2 Å². The van der Waals surface area contributed by atoms with Crippen molar-refractivity contribution in [2.45, 2.75) is 33.0 Å². The molecule has 0 bridgehead atoms. The number of carbonyl (C=O) groups excluding carboxylic acids is 1. The van der Waals surface area contributed by atoms with Crippen LogP contribution in [0.4, 0.5) is 9.59 Å². The molecule has 0 aliphatic carbocycles. The maximum absolute atomic E-state index is 13.6. The summed E-state index contributed by atoms with van der Waals surface area (Å²) < 4.78 is 43.4. The van der Waals surface area contributed by atoms with Crippen LogP contribution in [0.3, 0.4) is 0 Å². The van der Waals surface area contributed by atoms with Crippen molar-refractivity contribution >= 4 is 69.8 Å². The molecule has 16 heteroatoms. The van der Waals surface area contributed by atoms with E-state index < -0.39 is 35.6 Å². The predicted molar refractivity (Wildman–Crippen MR) is 193 cm³/mol. The summed E-state index contributed by atoms with van der Waals surface area (Å²) in [4.78, 5) is 25.1. The summed E-state index contributed by atoms with van der Waals surface area (Å²) in [5.41, 5.74) is 0. The van der Waals surface area contributed by atoms with Crippen LogP contribution in [0.2, 0.25) is 20.1 Å². The van der Waals surface area contributed by atoms with Crippen LogP contribution < -0.4 is 18.9 Å². The number of hydrogen-bond donors (Lipinski definition) is 1. The Morgan fingerprint density at radius 3 is 1.46 bits per heavy atom. The lowest BCUT2D eigenvalue weighted by Crippen LogP contribution is -2.50. The number of rotatable bonds is 15. The smallest absolute Gasteiger partial charge is 0.423 e. The quantitative estimate of drug-likeness (QED) is 0.125. The van der Waals surface area contributed by atoms with Crippen molar-refractivity contribution < 1.29 is 42.6 Å². The van der Waals surface area contributed by atoms with Crippen molar-refractivity contribution in [3.05, 3.63) is 105 Å². The first-order chi connectivity index (χ1) is 23.8. The molecule has 266 valence electrons. The summed E-state index contributed by atoms with van der Waals surface area (Å²) in [6.07, 6.45) is -4.05. The van der Waals surface area contributed by atoms with Crippen LogP contribution in [0.15, 0.2) is 84.9 Å². The largest absolute Gasteiger partial charge is 0.489 e. The number of nitrogens with zero attached hydrogens (tertiary/aromatic N) is 2. The summed E-state index contributed by atoms with van der Waals surface area (Å²) in [7, 11) is 0. The normalized spacial score (nSPS) is 12.6. The van der Waals surface area contributed by atoms with E-state index in [1.54, 1.807) is 106 Å². The summed E-state index contributed by atoms with van der Waals surface area (Å²) in [5.74, 6) is 2.57. The van der Waals surface area contributed by atoms with Gasteiger partial charge < -0.3 is 28.8 Å². The highest BCUT2D eigenvalue weighted by molar-refractivity contribution is 7.81. The van der Waals surface area contributed by atoms with Crippen LogP contribution in [0, 0.1) is 0 Å². The van der Waals surface area contributed by atoms with E-state index in [1.165, 1.54) is 0 Å². The molecule has 4 aromatic rings. The molecule has 50 heavy (non-hydrogen) atoms. The van der Waals surface area contributed by atoms with Gasteiger partial charge in [-0.25, -0.2) is 22.4 Å². The van der Waals surface area contributed by atoms with E-state index in [1.807, 2.05) is 0 Å². The molecule has 4 rings (SSSR count). The number of benzene rings is 4. The van der Waals surface area contributed by atoms with Crippen LogP contribution in [0.1, 0.15) is 20.8 Å². The molecule has 1 N–H and O–H groups in total. The molecule has 0 heterocycles. The van der Waals surface area contributed by atoms with Gasteiger partial charge in [-0.05, 0) is 106 Å². The topological polar surface area (TPSA) is 124 Å². The Kier molecular flexibility index (Phi) is 14.1. The first-order valence-electron chi connectivity index (χ1n) is 15.0. The Balaban J connectivity index is 1.37. The zero-order valence-electron chi connectivity index (χ0n) is 26.9. The van der Waals surface area contributed by atoms with Gasteiger partial charge in [0.15, 0.2) is 0 Å². The van der Waals surface area contributed by atoms with Gasteiger partial charge in [0.2, 0.25) is 11.2 Å². The van der Waals surface area contributed by atoms with Crippen molar-refractivity contribution in [1.29, 1.82) is 0 Å². The molecular formula is C34H32Cl4N2O9S. The monoisotopic (exact) mass is 784 g/mol. The van der Waals surface area contributed by atoms with Crippen molar-refractivity contribution in [3.63, 3.8) is 0 Å². The lowest BCUT2D eigenvalue weighted by molar-refractivity contribution is 0.113. The highest BCUT2D eigenvalue weighted by Crippen LogP contribution is 2.33. The standard InChI is InChI=1S/C34H32Cl4N2O9S/c1-4-45-34(43)40(20-22(3)47-26-9-13-28(14-10-26)49-32-16-6-24(36)18-30(32)38)50(44)39(33(41)42)19-21(2)46-25-7-11-27(12-8-25)48-31-15-5-23(35)17-29(31)37/h5-18,21-22H,4,19-20H2,1-3H3,(H,41,42). The van der Waals surface area contributed by atoms with Crippen LogP contribution in [0.5, 0.6) is 34.5 Å². The zero-order valence-corrected chi connectivity index (χ0v) is 30.7. The van der Waals surface area contributed by atoms with Crippen molar-refractivity contribution in [3.8, 4) is 34.5 Å². The lowest BCUT2D eigenvalue weighted by atomic mass is 10.3. The third-order valence-electron chi connectivity index (χ3n) is 6.47. The number of amides is 2. The zero-order chi connectivity index (χ0) is 36.4. The fraction of sp³-hybridized carbons (Fsp3) is 0.235. The molecule has 0 aromatic heterocycles. The van der Waals surface area contributed by atoms with E-state index in [2.05, 4.69) is 0 Å². The summed E-state index contributed by atoms with van der Waals surface area (Å²) in [6, 6.07) is 22.8. The average Bonchev–Trinajstić information content (AvgIpc) is 3.06.